The van der Waals surface area contributed by atoms with Crippen LogP contribution < -0.4 is 10.6 Å². The van der Waals surface area contributed by atoms with E-state index < -0.39 is 0 Å². The fourth-order valence-electron chi connectivity index (χ4n) is 3.59. The Bertz CT molecular complexity index is 327. The van der Waals surface area contributed by atoms with Crippen molar-refractivity contribution in [3.8, 4) is 0 Å². The van der Waals surface area contributed by atoms with Crippen molar-refractivity contribution in [3.63, 3.8) is 0 Å². The van der Waals surface area contributed by atoms with Crippen molar-refractivity contribution >= 4 is 29.9 Å². The van der Waals surface area contributed by atoms with Crippen LogP contribution in [0.3, 0.4) is 0 Å². The number of guanidine groups is 1. The first kappa shape index (κ1) is 20.0. The average Bonchev–Trinajstić information content (AvgIpc) is 3.07. The van der Waals surface area contributed by atoms with E-state index in [0.717, 1.165) is 25.0 Å². The SMILES string of the molecule is CCNC(=NC[C@H]1CCCN1CC(C)C)NC1CCCC1.I. The van der Waals surface area contributed by atoms with Gasteiger partial charge in [0.25, 0.3) is 0 Å². The molecule has 1 saturated heterocycles. The summed E-state index contributed by atoms with van der Waals surface area (Å²) in [5.41, 5.74) is 0. The summed E-state index contributed by atoms with van der Waals surface area (Å²) in [6.07, 6.45) is 7.96. The highest BCUT2D eigenvalue weighted by Crippen LogP contribution is 2.19. The van der Waals surface area contributed by atoms with Gasteiger partial charge in [0.2, 0.25) is 0 Å². The largest absolute Gasteiger partial charge is 0.357 e. The van der Waals surface area contributed by atoms with Crippen molar-refractivity contribution in [2.24, 2.45) is 10.9 Å². The number of nitrogens with zero attached hydrogens (tertiary/aromatic N) is 2. The molecular weight excluding hydrogens is 387 g/mol. The van der Waals surface area contributed by atoms with Crippen LogP contribution in [0.2, 0.25) is 0 Å². The van der Waals surface area contributed by atoms with Crippen LogP contribution in [0, 0.1) is 5.92 Å². The molecule has 2 fully saturated rings. The summed E-state index contributed by atoms with van der Waals surface area (Å²) in [7, 11) is 0. The molecule has 0 unspecified atom stereocenters. The lowest BCUT2D eigenvalue weighted by molar-refractivity contribution is 0.231. The molecular formula is C17H35IN4. The predicted octanol–water partition coefficient (Wildman–Crippen LogP) is 3.22. The summed E-state index contributed by atoms with van der Waals surface area (Å²) < 4.78 is 0. The van der Waals surface area contributed by atoms with E-state index in [2.05, 4.69) is 36.3 Å². The maximum Gasteiger partial charge on any atom is 0.191 e. The minimum atomic E-state index is 0. The molecule has 0 radical (unpaired) electrons. The van der Waals surface area contributed by atoms with E-state index in [1.165, 1.54) is 51.6 Å². The standard InChI is InChI=1S/C17H34N4.HI/c1-4-18-17(20-15-8-5-6-9-15)19-12-16-10-7-11-21(16)13-14(2)3;/h14-16H,4-13H2,1-3H3,(H2,18,19,20);1H/t16-;/m1./s1. The summed E-state index contributed by atoms with van der Waals surface area (Å²) in [6, 6.07) is 1.28. The van der Waals surface area contributed by atoms with Crippen LogP contribution >= 0.6 is 24.0 Å². The molecule has 2 N–H and O–H groups in total. The Balaban J connectivity index is 0.00000242. The normalized spacial score (nSPS) is 23.8. The topological polar surface area (TPSA) is 39.7 Å². The van der Waals surface area contributed by atoms with Crippen molar-refractivity contribution in [1.82, 2.24) is 15.5 Å². The highest BCUT2D eigenvalue weighted by Gasteiger charge is 2.24. The van der Waals surface area contributed by atoms with Gasteiger partial charge in [0.1, 0.15) is 0 Å². The van der Waals surface area contributed by atoms with Gasteiger partial charge in [-0.2, -0.15) is 0 Å². The molecule has 4 nitrogen and oxygen atoms in total. The zero-order valence-corrected chi connectivity index (χ0v) is 16.9. The molecule has 1 atom stereocenters. The minimum Gasteiger partial charge on any atom is -0.357 e. The maximum atomic E-state index is 4.87. The Morgan fingerprint density at radius 2 is 1.91 bits per heavy atom. The highest BCUT2D eigenvalue weighted by atomic mass is 127. The van der Waals surface area contributed by atoms with Crippen LogP contribution in [0.15, 0.2) is 4.99 Å². The Kier molecular flexibility index (Phi) is 9.71. The van der Waals surface area contributed by atoms with Crippen molar-refractivity contribution in [3.05, 3.63) is 0 Å². The first-order chi connectivity index (χ1) is 10.2. The number of likely N-dealkylation sites (tertiary alicyclic amines) is 1. The molecule has 22 heavy (non-hydrogen) atoms. The molecule has 0 aromatic carbocycles. The highest BCUT2D eigenvalue weighted by molar-refractivity contribution is 14.0. The van der Waals surface area contributed by atoms with Crippen molar-refractivity contribution in [1.29, 1.82) is 0 Å². The van der Waals surface area contributed by atoms with E-state index >= 15 is 0 Å². The van der Waals surface area contributed by atoms with Gasteiger partial charge in [0, 0.05) is 25.2 Å². The monoisotopic (exact) mass is 422 g/mol. The maximum absolute atomic E-state index is 4.87. The molecule has 2 aliphatic rings. The van der Waals surface area contributed by atoms with E-state index in [9.17, 15) is 0 Å². The zero-order chi connectivity index (χ0) is 15.1. The van der Waals surface area contributed by atoms with Gasteiger partial charge in [-0.25, -0.2) is 0 Å². The van der Waals surface area contributed by atoms with Crippen molar-refractivity contribution in [2.45, 2.75) is 71.4 Å². The second-order valence-corrected chi connectivity index (χ2v) is 7.03. The third kappa shape index (κ3) is 6.60. The molecule has 1 aliphatic heterocycles. The molecule has 0 amide bonds. The fourth-order valence-corrected chi connectivity index (χ4v) is 3.59. The molecule has 1 saturated carbocycles. The molecule has 1 aliphatic carbocycles. The quantitative estimate of drug-likeness (QED) is 0.392. The van der Waals surface area contributed by atoms with Crippen LogP contribution in [0.5, 0.6) is 0 Å². The number of rotatable bonds is 6. The lowest BCUT2D eigenvalue weighted by Gasteiger charge is -2.25. The van der Waals surface area contributed by atoms with Gasteiger partial charge in [-0.3, -0.25) is 9.89 Å². The van der Waals surface area contributed by atoms with Crippen LogP contribution in [0.1, 0.15) is 59.3 Å². The summed E-state index contributed by atoms with van der Waals surface area (Å²) in [5, 5.41) is 7.03. The lowest BCUT2D eigenvalue weighted by Crippen LogP contribution is -2.43. The van der Waals surface area contributed by atoms with Crippen LogP contribution in [-0.2, 0) is 0 Å². The van der Waals surface area contributed by atoms with Crippen LogP contribution in [0.25, 0.3) is 0 Å². The van der Waals surface area contributed by atoms with Gasteiger partial charge in [-0.15, -0.1) is 24.0 Å². The lowest BCUT2D eigenvalue weighted by atomic mass is 10.2. The Morgan fingerprint density at radius 3 is 2.55 bits per heavy atom. The second kappa shape index (κ2) is 10.7. The van der Waals surface area contributed by atoms with Gasteiger partial charge < -0.3 is 10.6 Å². The first-order valence-corrected chi connectivity index (χ1v) is 8.98. The number of nitrogens with one attached hydrogen (secondary N) is 2. The third-order valence-corrected chi connectivity index (χ3v) is 4.60. The van der Waals surface area contributed by atoms with Gasteiger partial charge in [0.05, 0.1) is 6.54 Å². The molecule has 0 aromatic rings. The van der Waals surface area contributed by atoms with E-state index in [-0.39, 0.29) is 24.0 Å². The molecule has 0 bridgehead atoms. The molecule has 130 valence electrons. The van der Waals surface area contributed by atoms with E-state index in [1.54, 1.807) is 0 Å². The smallest absolute Gasteiger partial charge is 0.191 e. The summed E-state index contributed by atoms with van der Waals surface area (Å²) >= 11 is 0. The average molecular weight is 422 g/mol. The predicted molar refractivity (Wildman–Crippen MR) is 106 cm³/mol. The van der Waals surface area contributed by atoms with E-state index in [4.69, 9.17) is 4.99 Å². The number of aliphatic imine (C=N–C) groups is 1. The van der Waals surface area contributed by atoms with Crippen LogP contribution in [0.4, 0.5) is 0 Å². The number of hydrogen-bond acceptors (Lipinski definition) is 2. The van der Waals surface area contributed by atoms with E-state index in [0.29, 0.717) is 12.1 Å². The summed E-state index contributed by atoms with van der Waals surface area (Å²) in [6.45, 7) is 11.1. The molecule has 0 spiro atoms. The van der Waals surface area contributed by atoms with Gasteiger partial charge >= 0.3 is 0 Å². The number of hydrogen-bond donors (Lipinski definition) is 2. The van der Waals surface area contributed by atoms with E-state index in [1.807, 2.05) is 0 Å². The summed E-state index contributed by atoms with van der Waals surface area (Å²) in [5.74, 6) is 1.78. The molecule has 5 heteroatoms. The van der Waals surface area contributed by atoms with Gasteiger partial charge in [-0.1, -0.05) is 26.7 Å². The Hall–Kier alpha value is -0.0400. The van der Waals surface area contributed by atoms with Crippen LogP contribution in [-0.4, -0.2) is 49.1 Å². The first-order valence-electron chi connectivity index (χ1n) is 8.98. The number of halogens is 1. The summed E-state index contributed by atoms with van der Waals surface area (Å²) in [4.78, 5) is 7.50. The molecule has 0 aromatic heterocycles. The second-order valence-electron chi connectivity index (χ2n) is 7.03. The minimum absolute atomic E-state index is 0. The Morgan fingerprint density at radius 1 is 1.18 bits per heavy atom. The zero-order valence-electron chi connectivity index (χ0n) is 14.6. The molecule has 2 rings (SSSR count). The van der Waals surface area contributed by atoms with Gasteiger partial charge in [-0.05, 0) is 45.1 Å². The van der Waals surface area contributed by atoms with Crippen molar-refractivity contribution < 1.29 is 0 Å². The van der Waals surface area contributed by atoms with Gasteiger partial charge in [0.15, 0.2) is 5.96 Å². The Labute approximate surface area is 153 Å². The molecule has 1 heterocycles. The third-order valence-electron chi connectivity index (χ3n) is 4.60. The van der Waals surface area contributed by atoms with Crippen molar-refractivity contribution in [2.75, 3.05) is 26.2 Å². The fraction of sp³-hybridized carbons (Fsp3) is 0.941.